The lowest BCUT2D eigenvalue weighted by Crippen LogP contribution is -2.07. The first-order chi connectivity index (χ1) is 41.7. The summed E-state index contributed by atoms with van der Waals surface area (Å²) in [5.41, 5.74) is 8.06. The standard InChI is InChI=1S/C71H29F3N12/c72-71(73,74)59-22-48(38-83)21-57(23-59)60-29-70(86-67-7-3-51(55-17-44(34-79)11-45(18-55)35-80)26-63(67)64-27-52(4-8-68(64)86)56-19-46(36-81)12-47(20-56)37-82)69(28-58(60)39-84)85-65-5-1-49(53-13-40(30-75)9-41(14-53)31-76)24-61(65)62-25-50(2-6-66(62)85)54-15-42(32-77)10-43(16-54)33-78/h1-29H. The molecular weight excluding hydrogens is 1080 g/mol. The largest absolute Gasteiger partial charge is 0.416 e. The molecule has 0 amide bonds. The Labute approximate surface area is 487 Å². The molecule has 86 heavy (non-hydrogen) atoms. The maximum atomic E-state index is 14.8. The SMILES string of the molecule is N#Cc1cc(C#N)cc(-c2ccc3c(c2)c2cc(-c4cc(C#N)cc(C#N)c4)ccc2n3-c2cc(C#N)c(-c3cc(C#N)cc(C(F)(F)F)c3)cc2-n2c3ccc(-c4cc(C#N)cc(C#N)c4)cc3c3cc(-c4cc(C#N)cc(C#N)c4)ccc32)c1. The van der Waals surface area contributed by atoms with Crippen LogP contribution in [0.5, 0.6) is 0 Å². The van der Waals surface area contributed by atoms with Crippen molar-refractivity contribution in [3.05, 3.63) is 237 Å². The Bertz CT molecular complexity index is 5100. The average Bonchev–Trinajstić information content (AvgIpc) is 1.66. The summed E-state index contributed by atoms with van der Waals surface area (Å²) < 4.78 is 48.2. The molecule has 12 nitrogen and oxygen atoms in total. The fraction of sp³-hybridized carbons (Fsp3) is 0.0141. The lowest BCUT2D eigenvalue weighted by molar-refractivity contribution is -0.137. The van der Waals surface area contributed by atoms with Crippen molar-refractivity contribution in [2.75, 3.05) is 0 Å². The molecule has 0 N–H and O–H groups in total. The van der Waals surface area contributed by atoms with Crippen LogP contribution < -0.4 is 0 Å². The zero-order valence-corrected chi connectivity index (χ0v) is 44.2. The molecule has 10 aromatic carbocycles. The van der Waals surface area contributed by atoms with Gasteiger partial charge < -0.3 is 9.13 Å². The van der Waals surface area contributed by atoms with E-state index in [1.165, 1.54) is 30.3 Å². The van der Waals surface area contributed by atoms with Gasteiger partial charge in [-0.05, 0) is 202 Å². The number of alkyl halides is 3. The summed E-state index contributed by atoms with van der Waals surface area (Å²) in [6, 6.07) is 68.6. The molecule has 0 spiro atoms. The Morgan fingerprint density at radius 2 is 0.523 bits per heavy atom. The van der Waals surface area contributed by atoms with Crippen LogP contribution in [0.1, 0.15) is 61.2 Å². The summed E-state index contributed by atoms with van der Waals surface area (Å²) in [6.07, 6.45) is -4.89. The van der Waals surface area contributed by atoms with Crippen LogP contribution in [0.3, 0.4) is 0 Å². The van der Waals surface area contributed by atoms with Crippen LogP contribution in [0.25, 0.3) is 111 Å². The quantitative estimate of drug-likeness (QED) is 0.146. The Kier molecular flexibility index (Phi) is 12.9. The highest BCUT2D eigenvalue weighted by Gasteiger charge is 2.32. The van der Waals surface area contributed by atoms with Gasteiger partial charge in [-0.25, -0.2) is 0 Å². The van der Waals surface area contributed by atoms with Crippen LogP contribution in [0.4, 0.5) is 13.2 Å². The van der Waals surface area contributed by atoms with Crippen molar-refractivity contribution in [1.29, 1.82) is 52.6 Å². The van der Waals surface area contributed by atoms with Gasteiger partial charge in [0.2, 0.25) is 0 Å². The maximum Gasteiger partial charge on any atom is 0.416 e. The molecule has 2 heterocycles. The zero-order valence-electron chi connectivity index (χ0n) is 44.2. The second kappa shape index (κ2) is 20.9. The highest BCUT2D eigenvalue weighted by Crippen LogP contribution is 2.45. The Morgan fingerprint density at radius 1 is 0.256 bits per heavy atom. The molecule has 12 rings (SSSR count). The van der Waals surface area contributed by atoms with Gasteiger partial charge in [-0.3, -0.25) is 0 Å². The molecule has 0 radical (unpaired) electrons. The lowest BCUT2D eigenvalue weighted by atomic mass is 9.94. The molecule has 0 aliphatic rings. The number of nitrogens with zero attached hydrogens (tertiary/aromatic N) is 12. The van der Waals surface area contributed by atoms with E-state index in [0.29, 0.717) is 99.5 Å². The molecular formula is C71H29F3N12. The van der Waals surface area contributed by atoms with E-state index in [2.05, 4.69) is 54.6 Å². The van der Waals surface area contributed by atoms with E-state index in [1.807, 2.05) is 88.0 Å². The monoisotopic (exact) mass is 1110 g/mol. The Balaban J connectivity index is 1.24. The minimum atomic E-state index is -4.89. The molecule has 0 aliphatic heterocycles. The van der Waals surface area contributed by atoms with Crippen molar-refractivity contribution in [3.8, 4) is 128 Å². The summed E-state index contributed by atoms with van der Waals surface area (Å²) in [6.45, 7) is 0. The number of fused-ring (bicyclic) bond motifs is 6. The molecule has 0 atom stereocenters. The second-order valence-corrected chi connectivity index (χ2v) is 20.1. The number of halogens is 3. The zero-order chi connectivity index (χ0) is 60.1. The molecule has 0 saturated heterocycles. The number of aromatic nitrogens is 2. The minimum Gasteiger partial charge on any atom is -0.307 e. The van der Waals surface area contributed by atoms with Gasteiger partial charge in [0, 0.05) is 27.1 Å². The number of rotatable bonds is 7. The second-order valence-electron chi connectivity index (χ2n) is 20.1. The van der Waals surface area contributed by atoms with Crippen LogP contribution in [-0.4, -0.2) is 9.13 Å². The van der Waals surface area contributed by atoms with Gasteiger partial charge in [0.1, 0.15) is 0 Å². The smallest absolute Gasteiger partial charge is 0.307 e. The lowest BCUT2D eigenvalue weighted by Gasteiger charge is -2.20. The van der Waals surface area contributed by atoms with E-state index >= 15 is 0 Å². The number of hydrogen-bond acceptors (Lipinski definition) is 10. The molecule has 0 bridgehead atoms. The van der Waals surface area contributed by atoms with E-state index in [4.69, 9.17) is 0 Å². The molecule has 0 unspecified atom stereocenters. The summed E-state index contributed by atoms with van der Waals surface area (Å²) in [5, 5.41) is 104. The predicted molar refractivity (Wildman–Crippen MR) is 314 cm³/mol. The van der Waals surface area contributed by atoms with Gasteiger partial charge in [0.05, 0.1) is 155 Å². The summed E-state index contributed by atoms with van der Waals surface area (Å²) >= 11 is 0. The van der Waals surface area contributed by atoms with Gasteiger partial charge in [0.25, 0.3) is 0 Å². The third kappa shape index (κ3) is 9.19. The van der Waals surface area contributed by atoms with Gasteiger partial charge in [0.15, 0.2) is 0 Å². The third-order valence-corrected chi connectivity index (χ3v) is 15.0. The van der Waals surface area contributed by atoms with E-state index in [9.17, 15) is 65.8 Å². The van der Waals surface area contributed by atoms with Crippen LogP contribution in [0.2, 0.25) is 0 Å². The van der Waals surface area contributed by atoms with Gasteiger partial charge in [-0.2, -0.15) is 65.8 Å². The summed E-state index contributed by atoms with van der Waals surface area (Å²) in [5.74, 6) is 0. The Morgan fingerprint density at radius 3 is 0.791 bits per heavy atom. The van der Waals surface area contributed by atoms with E-state index in [0.717, 1.165) is 12.1 Å². The first kappa shape index (κ1) is 53.1. The topological polar surface area (TPSA) is 248 Å². The average molecular weight is 1110 g/mol. The van der Waals surface area contributed by atoms with Gasteiger partial charge in [-0.15, -0.1) is 0 Å². The minimum absolute atomic E-state index is 0.0495. The molecule has 0 aliphatic carbocycles. The van der Waals surface area contributed by atoms with Gasteiger partial charge in [-0.1, -0.05) is 24.3 Å². The maximum absolute atomic E-state index is 14.8. The van der Waals surface area contributed by atoms with E-state index in [-0.39, 0.29) is 66.8 Å². The highest BCUT2D eigenvalue weighted by atomic mass is 19.4. The molecule has 394 valence electrons. The fourth-order valence-corrected chi connectivity index (χ4v) is 11.3. The summed E-state index contributed by atoms with van der Waals surface area (Å²) in [7, 11) is 0. The fourth-order valence-electron chi connectivity index (χ4n) is 11.3. The van der Waals surface area contributed by atoms with Crippen LogP contribution in [0, 0.1) is 113 Å². The summed E-state index contributed by atoms with van der Waals surface area (Å²) in [4.78, 5) is 0. The predicted octanol–water partition coefficient (Wildman–Crippen LogP) is 16.0. The third-order valence-electron chi connectivity index (χ3n) is 15.0. The normalized spacial score (nSPS) is 10.8. The highest BCUT2D eigenvalue weighted by molar-refractivity contribution is 6.14. The van der Waals surface area contributed by atoms with Crippen LogP contribution in [0.15, 0.2) is 176 Å². The number of hydrogen-bond donors (Lipinski definition) is 0. The molecule has 0 fully saturated rings. The van der Waals surface area contributed by atoms with Crippen molar-refractivity contribution in [1.82, 2.24) is 9.13 Å². The van der Waals surface area contributed by atoms with Crippen molar-refractivity contribution in [2.45, 2.75) is 6.18 Å². The number of benzene rings is 10. The van der Waals surface area contributed by atoms with Gasteiger partial charge >= 0.3 is 6.18 Å². The number of nitriles is 10. The Hall–Kier alpha value is -13.5. The first-order valence-corrected chi connectivity index (χ1v) is 25.9. The molecule has 0 saturated carbocycles. The first-order valence-electron chi connectivity index (χ1n) is 25.9. The molecule has 2 aromatic heterocycles. The van der Waals surface area contributed by atoms with Crippen molar-refractivity contribution in [3.63, 3.8) is 0 Å². The molecule has 12 aromatic rings. The van der Waals surface area contributed by atoms with Crippen molar-refractivity contribution >= 4 is 43.6 Å². The van der Waals surface area contributed by atoms with E-state index < -0.39 is 11.7 Å². The van der Waals surface area contributed by atoms with Crippen LogP contribution >= 0.6 is 0 Å². The van der Waals surface area contributed by atoms with Crippen molar-refractivity contribution in [2.24, 2.45) is 0 Å². The van der Waals surface area contributed by atoms with Crippen LogP contribution in [-0.2, 0) is 6.18 Å². The van der Waals surface area contributed by atoms with E-state index in [1.54, 1.807) is 60.7 Å². The molecule has 15 heteroatoms. The van der Waals surface area contributed by atoms with Crippen molar-refractivity contribution < 1.29 is 13.2 Å².